The molecule has 0 atom stereocenters. The third-order valence-corrected chi connectivity index (χ3v) is 1.82. The highest BCUT2D eigenvalue weighted by molar-refractivity contribution is 5.71. The second-order valence-corrected chi connectivity index (χ2v) is 2.90. The minimum atomic E-state index is -0.259. The molecule has 1 aromatic rings. The monoisotopic (exact) mass is 197 g/mol. The average Bonchev–Trinajstić information content (AvgIpc) is 2.48. The summed E-state index contributed by atoms with van der Waals surface area (Å²) < 4.78 is 6.44. The standard InChI is InChI=1S/C9H15N3O2/c1-4-7-10-8(12(3)11-7)6-9(13)14-5-2/h4-6H2,1-3H3. The van der Waals surface area contributed by atoms with E-state index in [1.165, 1.54) is 0 Å². The van der Waals surface area contributed by atoms with E-state index in [0.717, 1.165) is 12.2 Å². The molecular weight excluding hydrogens is 182 g/mol. The molecule has 14 heavy (non-hydrogen) atoms. The molecule has 0 aliphatic carbocycles. The molecule has 0 aliphatic rings. The average molecular weight is 197 g/mol. The minimum Gasteiger partial charge on any atom is -0.466 e. The molecule has 1 aromatic heterocycles. The van der Waals surface area contributed by atoms with Gasteiger partial charge in [0, 0.05) is 13.5 Å². The van der Waals surface area contributed by atoms with E-state index >= 15 is 0 Å². The molecule has 0 aromatic carbocycles. The predicted molar refractivity (Wildman–Crippen MR) is 50.7 cm³/mol. The molecule has 0 fully saturated rings. The van der Waals surface area contributed by atoms with Crippen LogP contribution in [0.15, 0.2) is 0 Å². The van der Waals surface area contributed by atoms with Crippen molar-refractivity contribution in [2.75, 3.05) is 6.61 Å². The molecule has 1 rings (SSSR count). The zero-order valence-electron chi connectivity index (χ0n) is 8.78. The smallest absolute Gasteiger partial charge is 0.313 e. The highest BCUT2D eigenvalue weighted by Gasteiger charge is 2.10. The zero-order valence-corrected chi connectivity index (χ0v) is 8.78. The van der Waals surface area contributed by atoms with Gasteiger partial charge in [-0.3, -0.25) is 9.48 Å². The SMILES string of the molecule is CCOC(=O)Cc1nc(CC)nn1C. The molecule has 0 amide bonds. The molecule has 0 saturated carbocycles. The Labute approximate surface area is 83.1 Å². The molecule has 0 radical (unpaired) electrons. The number of carbonyl (C=O) groups excluding carboxylic acids is 1. The summed E-state index contributed by atoms with van der Waals surface area (Å²) in [6.45, 7) is 4.16. The number of aryl methyl sites for hydroxylation is 2. The Morgan fingerprint density at radius 1 is 1.50 bits per heavy atom. The van der Waals surface area contributed by atoms with E-state index in [9.17, 15) is 4.79 Å². The number of hydrogen-bond acceptors (Lipinski definition) is 4. The number of aromatic nitrogens is 3. The van der Waals surface area contributed by atoms with Crippen LogP contribution in [0.5, 0.6) is 0 Å². The topological polar surface area (TPSA) is 57.0 Å². The number of esters is 1. The fourth-order valence-corrected chi connectivity index (χ4v) is 1.12. The third-order valence-electron chi connectivity index (χ3n) is 1.82. The van der Waals surface area contributed by atoms with Crippen LogP contribution in [0.25, 0.3) is 0 Å². The Hall–Kier alpha value is -1.39. The van der Waals surface area contributed by atoms with Crippen LogP contribution in [0.2, 0.25) is 0 Å². The van der Waals surface area contributed by atoms with Crippen molar-refractivity contribution < 1.29 is 9.53 Å². The summed E-state index contributed by atoms with van der Waals surface area (Å²) in [5, 5.41) is 4.14. The number of carbonyl (C=O) groups is 1. The van der Waals surface area contributed by atoms with E-state index in [0.29, 0.717) is 12.4 Å². The Morgan fingerprint density at radius 2 is 2.21 bits per heavy atom. The first-order chi connectivity index (χ1) is 6.67. The van der Waals surface area contributed by atoms with Crippen LogP contribution in [-0.4, -0.2) is 27.3 Å². The van der Waals surface area contributed by atoms with Gasteiger partial charge in [0.25, 0.3) is 0 Å². The molecule has 0 aliphatic heterocycles. The van der Waals surface area contributed by atoms with Gasteiger partial charge in [0.1, 0.15) is 12.2 Å². The number of hydrogen-bond donors (Lipinski definition) is 0. The van der Waals surface area contributed by atoms with Crippen molar-refractivity contribution in [1.82, 2.24) is 14.8 Å². The molecular formula is C9H15N3O2. The molecule has 0 unspecified atom stereocenters. The Balaban J connectivity index is 2.66. The van der Waals surface area contributed by atoms with Gasteiger partial charge >= 0.3 is 5.97 Å². The maximum absolute atomic E-state index is 11.2. The molecule has 0 spiro atoms. The van der Waals surface area contributed by atoms with E-state index in [2.05, 4.69) is 10.1 Å². The largest absolute Gasteiger partial charge is 0.466 e. The first-order valence-corrected chi connectivity index (χ1v) is 4.71. The highest BCUT2D eigenvalue weighted by atomic mass is 16.5. The van der Waals surface area contributed by atoms with Crippen molar-refractivity contribution in [3.63, 3.8) is 0 Å². The van der Waals surface area contributed by atoms with E-state index in [-0.39, 0.29) is 12.4 Å². The molecule has 0 saturated heterocycles. The highest BCUT2D eigenvalue weighted by Crippen LogP contribution is 1.99. The molecule has 78 valence electrons. The first-order valence-electron chi connectivity index (χ1n) is 4.71. The Morgan fingerprint density at radius 3 is 2.71 bits per heavy atom. The van der Waals surface area contributed by atoms with E-state index in [4.69, 9.17) is 4.74 Å². The summed E-state index contributed by atoms with van der Waals surface area (Å²) in [7, 11) is 1.78. The van der Waals surface area contributed by atoms with E-state index in [1.807, 2.05) is 6.92 Å². The fraction of sp³-hybridized carbons (Fsp3) is 0.667. The predicted octanol–water partition coefficient (Wildman–Crippen LogP) is 0.483. The minimum absolute atomic E-state index is 0.192. The van der Waals surface area contributed by atoms with Crippen molar-refractivity contribution in [2.45, 2.75) is 26.7 Å². The number of rotatable bonds is 4. The van der Waals surface area contributed by atoms with Gasteiger partial charge < -0.3 is 4.74 Å². The number of nitrogens with zero attached hydrogens (tertiary/aromatic N) is 3. The second kappa shape index (κ2) is 4.74. The summed E-state index contributed by atoms with van der Waals surface area (Å²) in [5.74, 6) is 1.15. The van der Waals surface area contributed by atoms with Crippen LogP contribution in [0.3, 0.4) is 0 Å². The first kappa shape index (κ1) is 10.7. The molecule has 5 heteroatoms. The van der Waals surface area contributed by atoms with Crippen LogP contribution in [-0.2, 0) is 29.4 Å². The van der Waals surface area contributed by atoms with Crippen molar-refractivity contribution in [1.29, 1.82) is 0 Å². The lowest BCUT2D eigenvalue weighted by atomic mass is 10.4. The number of ether oxygens (including phenoxy) is 1. The maximum atomic E-state index is 11.2. The lowest BCUT2D eigenvalue weighted by Gasteiger charge is -1.99. The van der Waals surface area contributed by atoms with Crippen LogP contribution in [0.4, 0.5) is 0 Å². The zero-order chi connectivity index (χ0) is 10.6. The van der Waals surface area contributed by atoms with E-state index in [1.54, 1.807) is 18.7 Å². The second-order valence-electron chi connectivity index (χ2n) is 2.90. The fourth-order valence-electron chi connectivity index (χ4n) is 1.12. The van der Waals surface area contributed by atoms with Crippen molar-refractivity contribution in [2.24, 2.45) is 7.05 Å². The van der Waals surface area contributed by atoms with Gasteiger partial charge in [0.15, 0.2) is 5.82 Å². The summed E-state index contributed by atoms with van der Waals surface area (Å²) >= 11 is 0. The lowest BCUT2D eigenvalue weighted by molar-refractivity contribution is -0.142. The molecule has 5 nitrogen and oxygen atoms in total. The van der Waals surface area contributed by atoms with Crippen molar-refractivity contribution in [3.8, 4) is 0 Å². The van der Waals surface area contributed by atoms with Gasteiger partial charge in [0.2, 0.25) is 0 Å². The molecule has 0 N–H and O–H groups in total. The van der Waals surface area contributed by atoms with Crippen LogP contribution in [0, 0.1) is 0 Å². The maximum Gasteiger partial charge on any atom is 0.313 e. The summed E-state index contributed by atoms with van der Waals surface area (Å²) in [6, 6.07) is 0. The van der Waals surface area contributed by atoms with Crippen LogP contribution < -0.4 is 0 Å². The molecule has 0 bridgehead atoms. The van der Waals surface area contributed by atoms with Gasteiger partial charge in [-0.2, -0.15) is 5.10 Å². The van der Waals surface area contributed by atoms with Crippen LogP contribution >= 0.6 is 0 Å². The summed E-state index contributed by atoms with van der Waals surface area (Å²) in [5.41, 5.74) is 0. The van der Waals surface area contributed by atoms with Gasteiger partial charge in [-0.1, -0.05) is 6.92 Å². The third kappa shape index (κ3) is 2.55. The van der Waals surface area contributed by atoms with E-state index < -0.39 is 0 Å². The van der Waals surface area contributed by atoms with Gasteiger partial charge in [-0.05, 0) is 6.92 Å². The van der Waals surface area contributed by atoms with Gasteiger partial charge in [0.05, 0.1) is 6.61 Å². The van der Waals surface area contributed by atoms with Gasteiger partial charge in [-0.15, -0.1) is 0 Å². The summed E-state index contributed by atoms with van der Waals surface area (Å²) in [4.78, 5) is 15.4. The quantitative estimate of drug-likeness (QED) is 0.659. The van der Waals surface area contributed by atoms with Crippen molar-refractivity contribution in [3.05, 3.63) is 11.6 Å². The van der Waals surface area contributed by atoms with Gasteiger partial charge in [-0.25, -0.2) is 4.98 Å². The van der Waals surface area contributed by atoms with Crippen molar-refractivity contribution >= 4 is 5.97 Å². The summed E-state index contributed by atoms with van der Waals surface area (Å²) in [6.07, 6.45) is 0.966. The normalized spacial score (nSPS) is 10.2. The van der Waals surface area contributed by atoms with Crippen LogP contribution in [0.1, 0.15) is 25.5 Å². The lowest BCUT2D eigenvalue weighted by Crippen LogP contribution is -2.11. The Kier molecular flexibility index (Phi) is 3.62. The molecule has 1 heterocycles. The Bertz CT molecular complexity index is 320.